The Morgan fingerprint density at radius 3 is 2.50 bits per heavy atom. The van der Waals surface area contributed by atoms with E-state index in [0.29, 0.717) is 6.54 Å². The van der Waals surface area contributed by atoms with Gasteiger partial charge in [-0.25, -0.2) is 0 Å². The maximum absolute atomic E-state index is 5.74. The van der Waals surface area contributed by atoms with Crippen molar-refractivity contribution >= 4 is 0 Å². The topological polar surface area (TPSA) is 49.4 Å². The van der Waals surface area contributed by atoms with E-state index in [0.717, 1.165) is 22.7 Å². The van der Waals surface area contributed by atoms with E-state index in [4.69, 9.17) is 15.2 Å². The summed E-state index contributed by atoms with van der Waals surface area (Å²) in [4.78, 5) is 0. The number of rotatable bonds is 2. The van der Waals surface area contributed by atoms with Gasteiger partial charge < -0.3 is 19.8 Å². The second-order valence-electron chi connectivity index (χ2n) is 3.63. The van der Waals surface area contributed by atoms with Crippen LogP contribution in [-0.2, 0) is 6.54 Å². The molecule has 0 bridgehead atoms. The van der Waals surface area contributed by atoms with Gasteiger partial charge in [-0.15, -0.1) is 0 Å². The van der Waals surface area contributed by atoms with Gasteiger partial charge in [0.1, 0.15) is 0 Å². The molecule has 2 N–H and O–H groups in total. The Balaban J connectivity index is 2.17. The summed E-state index contributed by atoms with van der Waals surface area (Å²) >= 11 is 0. The normalized spacial score (nSPS) is 13.1. The fraction of sp³-hybridized carbons (Fsp3) is 0.167. The van der Waals surface area contributed by atoms with Gasteiger partial charge >= 0.3 is 0 Å². The molecule has 1 aromatic heterocycles. The minimum atomic E-state index is 0.286. The molecule has 0 spiro atoms. The maximum atomic E-state index is 5.74. The first-order valence-electron chi connectivity index (χ1n) is 5.14. The molecule has 4 nitrogen and oxygen atoms in total. The summed E-state index contributed by atoms with van der Waals surface area (Å²) in [5.74, 6) is 1.55. The lowest BCUT2D eigenvalue weighted by Gasteiger charge is -2.10. The van der Waals surface area contributed by atoms with Gasteiger partial charge in [-0.1, -0.05) is 0 Å². The first-order valence-corrected chi connectivity index (χ1v) is 5.14. The van der Waals surface area contributed by atoms with Gasteiger partial charge in [0.15, 0.2) is 11.5 Å². The third-order valence-electron chi connectivity index (χ3n) is 2.68. The van der Waals surface area contributed by atoms with E-state index in [9.17, 15) is 0 Å². The van der Waals surface area contributed by atoms with Gasteiger partial charge in [0.05, 0.1) is 5.69 Å². The molecule has 0 fully saturated rings. The van der Waals surface area contributed by atoms with Gasteiger partial charge in [0, 0.05) is 25.0 Å². The Kier molecular flexibility index (Phi) is 2.08. The second kappa shape index (κ2) is 3.57. The van der Waals surface area contributed by atoms with E-state index in [1.54, 1.807) is 0 Å². The predicted octanol–water partition coefficient (Wildman–Crippen LogP) is 1.66. The zero-order chi connectivity index (χ0) is 11.0. The van der Waals surface area contributed by atoms with Crippen LogP contribution in [0.1, 0.15) is 5.56 Å². The average molecular weight is 216 g/mol. The van der Waals surface area contributed by atoms with Crippen molar-refractivity contribution in [2.45, 2.75) is 6.54 Å². The van der Waals surface area contributed by atoms with E-state index >= 15 is 0 Å². The van der Waals surface area contributed by atoms with E-state index in [-0.39, 0.29) is 6.79 Å². The highest BCUT2D eigenvalue weighted by Crippen LogP contribution is 2.36. The first-order chi connectivity index (χ1) is 7.88. The third-order valence-corrected chi connectivity index (χ3v) is 2.68. The van der Waals surface area contributed by atoms with Crippen LogP contribution in [0.3, 0.4) is 0 Å². The number of aromatic nitrogens is 1. The zero-order valence-electron chi connectivity index (χ0n) is 8.72. The van der Waals surface area contributed by atoms with Crippen molar-refractivity contribution in [2.75, 3.05) is 6.79 Å². The fourth-order valence-corrected chi connectivity index (χ4v) is 1.87. The number of nitrogens with two attached hydrogens (primary N) is 1. The smallest absolute Gasteiger partial charge is 0.231 e. The van der Waals surface area contributed by atoms with Crippen molar-refractivity contribution in [3.05, 3.63) is 42.2 Å². The first kappa shape index (κ1) is 9.30. The molecule has 0 amide bonds. The molecule has 0 atom stereocenters. The standard InChI is InChI=1S/C12H12N2O2/c13-7-9-5-11-12(16-8-15-11)6-10(9)14-3-1-2-4-14/h1-6H,7-8,13H2. The molecule has 16 heavy (non-hydrogen) atoms. The van der Waals surface area contributed by atoms with E-state index in [1.807, 2.05) is 41.2 Å². The van der Waals surface area contributed by atoms with Crippen LogP contribution in [-0.4, -0.2) is 11.4 Å². The average Bonchev–Trinajstić information content (AvgIpc) is 2.97. The number of hydrogen-bond donors (Lipinski definition) is 1. The predicted molar refractivity (Wildman–Crippen MR) is 59.8 cm³/mol. The summed E-state index contributed by atoms with van der Waals surface area (Å²) in [6, 6.07) is 7.86. The monoisotopic (exact) mass is 216 g/mol. The Hall–Kier alpha value is -1.94. The van der Waals surface area contributed by atoms with Crippen molar-refractivity contribution < 1.29 is 9.47 Å². The van der Waals surface area contributed by atoms with Crippen molar-refractivity contribution in [1.29, 1.82) is 0 Å². The van der Waals surface area contributed by atoms with Crippen molar-refractivity contribution in [1.82, 2.24) is 4.57 Å². The quantitative estimate of drug-likeness (QED) is 0.830. The summed E-state index contributed by atoms with van der Waals surface area (Å²) in [6.07, 6.45) is 3.97. The molecular weight excluding hydrogens is 204 g/mol. The molecule has 1 aliphatic rings. The lowest BCUT2D eigenvalue weighted by Crippen LogP contribution is -2.03. The molecule has 3 rings (SSSR count). The molecule has 1 aliphatic heterocycles. The molecule has 1 aromatic carbocycles. The minimum absolute atomic E-state index is 0.286. The van der Waals surface area contributed by atoms with Gasteiger partial charge in [-0.05, 0) is 23.8 Å². The summed E-state index contributed by atoms with van der Waals surface area (Å²) in [6.45, 7) is 0.763. The maximum Gasteiger partial charge on any atom is 0.231 e. The molecule has 0 saturated carbocycles. The lowest BCUT2D eigenvalue weighted by atomic mass is 10.1. The minimum Gasteiger partial charge on any atom is -0.454 e. The van der Waals surface area contributed by atoms with Crippen molar-refractivity contribution in [3.8, 4) is 17.2 Å². The van der Waals surface area contributed by atoms with Crippen molar-refractivity contribution in [2.24, 2.45) is 5.73 Å². The second-order valence-corrected chi connectivity index (χ2v) is 3.63. The molecule has 0 aliphatic carbocycles. The summed E-state index contributed by atoms with van der Waals surface area (Å²) < 4.78 is 12.7. The van der Waals surface area contributed by atoms with Gasteiger partial charge in [-0.3, -0.25) is 0 Å². The number of fused-ring (bicyclic) bond motifs is 1. The summed E-state index contributed by atoms with van der Waals surface area (Å²) in [5.41, 5.74) is 7.82. The highest BCUT2D eigenvalue weighted by Gasteiger charge is 2.17. The highest BCUT2D eigenvalue weighted by molar-refractivity contribution is 5.55. The van der Waals surface area contributed by atoms with E-state index in [2.05, 4.69) is 0 Å². The Morgan fingerprint density at radius 1 is 1.12 bits per heavy atom. The number of hydrogen-bond acceptors (Lipinski definition) is 3. The highest BCUT2D eigenvalue weighted by atomic mass is 16.7. The van der Waals surface area contributed by atoms with E-state index < -0.39 is 0 Å². The zero-order valence-corrected chi connectivity index (χ0v) is 8.72. The number of ether oxygens (including phenoxy) is 2. The van der Waals surface area contributed by atoms with Gasteiger partial charge in [-0.2, -0.15) is 0 Å². The molecule has 82 valence electrons. The molecule has 2 aromatic rings. The largest absolute Gasteiger partial charge is 0.454 e. The Labute approximate surface area is 93.2 Å². The number of benzene rings is 1. The van der Waals surface area contributed by atoms with Gasteiger partial charge in [0.25, 0.3) is 0 Å². The number of nitrogens with zero attached hydrogens (tertiary/aromatic N) is 1. The fourth-order valence-electron chi connectivity index (χ4n) is 1.87. The molecule has 0 saturated heterocycles. The molecule has 0 radical (unpaired) electrons. The molecule has 2 heterocycles. The van der Waals surface area contributed by atoms with Crippen LogP contribution in [0.25, 0.3) is 5.69 Å². The Morgan fingerprint density at radius 2 is 1.81 bits per heavy atom. The van der Waals surface area contributed by atoms with Crippen LogP contribution in [0.2, 0.25) is 0 Å². The molecular formula is C12H12N2O2. The van der Waals surface area contributed by atoms with Crippen LogP contribution in [0.5, 0.6) is 11.5 Å². The molecule has 4 heteroatoms. The Bertz CT molecular complexity index is 506. The SMILES string of the molecule is NCc1cc2c(cc1-n1cccc1)OCO2. The van der Waals surface area contributed by atoms with E-state index in [1.165, 1.54) is 0 Å². The molecule has 0 unspecified atom stereocenters. The van der Waals surface area contributed by atoms with Crippen molar-refractivity contribution in [3.63, 3.8) is 0 Å². The summed E-state index contributed by atoms with van der Waals surface area (Å²) in [5, 5.41) is 0. The van der Waals surface area contributed by atoms with Crippen LogP contribution >= 0.6 is 0 Å². The lowest BCUT2D eigenvalue weighted by molar-refractivity contribution is 0.174. The van der Waals surface area contributed by atoms with Crippen LogP contribution < -0.4 is 15.2 Å². The van der Waals surface area contributed by atoms with Crippen LogP contribution in [0, 0.1) is 0 Å². The summed E-state index contributed by atoms with van der Waals surface area (Å²) in [7, 11) is 0. The van der Waals surface area contributed by atoms with Crippen LogP contribution in [0.4, 0.5) is 0 Å². The van der Waals surface area contributed by atoms with Crippen LogP contribution in [0.15, 0.2) is 36.7 Å². The van der Waals surface area contributed by atoms with Gasteiger partial charge in [0.2, 0.25) is 6.79 Å². The third kappa shape index (κ3) is 1.35.